The normalized spacial score (nSPS) is 12.4. The lowest BCUT2D eigenvalue weighted by Gasteiger charge is -2.34. The molecule has 0 saturated heterocycles. The van der Waals surface area contributed by atoms with Gasteiger partial charge in [0.2, 0.25) is 11.8 Å². The lowest BCUT2D eigenvalue weighted by molar-refractivity contribution is -0.144. The van der Waals surface area contributed by atoms with Crippen molar-refractivity contribution in [1.29, 1.82) is 0 Å². The van der Waals surface area contributed by atoms with Gasteiger partial charge in [0.25, 0.3) is 0 Å². The summed E-state index contributed by atoms with van der Waals surface area (Å²) in [6, 6.07) is 11.2. The Bertz CT molecular complexity index is 1170. The zero-order chi connectivity index (χ0) is 29.9. The van der Waals surface area contributed by atoms with E-state index in [9.17, 15) is 24.3 Å². The van der Waals surface area contributed by atoms with Crippen LogP contribution < -0.4 is 10.6 Å². The Balaban J connectivity index is 2.52. The van der Waals surface area contributed by atoms with E-state index in [2.05, 4.69) is 21.9 Å². The van der Waals surface area contributed by atoms with Crippen LogP contribution in [0.3, 0.4) is 0 Å². The van der Waals surface area contributed by atoms with Crippen molar-refractivity contribution in [2.45, 2.75) is 58.2 Å². The Labute approximate surface area is 235 Å². The second kappa shape index (κ2) is 14.7. The van der Waals surface area contributed by atoms with E-state index < -0.39 is 41.6 Å². The molecule has 0 aliphatic heterocycles. The average Bonchev–Trinajstić information content (AvgIpc) is 2.91. The third kappa shape index (κ3) is 9.76. The number of alkyl carbamates (subject to hydrolysis) is 1. The first kappa shape index (κ1) is 31.9. The minimum Gasteiger partial charge on any atom is -0.508 e. The number of nitrogens with one attached hydrogen (secondary N) is 2. The number of phenolic OH excluding ortho intramolecular Hbond substituents is 1. The molecule has 0 radical (unpaired) electrons. The van der Waals surface area contributed by atoms with Gasteiger partial charge in [-0.25, -0.2) is 4.79 Å². The summed E-state index contributed by atoms with van der Waals surface area (Å²) in [4.78, 5) is 53.4. The zero-order valence-electron chi connectivity index (χ0n) is 23.7. The van der Waals surface area contributed by atoms with Crippen molar-refractivity contribution in [3.8, 4) is 5.75 Å². The highest BCUT2D eigenvalue weighted by Gasteiger charge is 2.36. The van der Waals surface area contributed by atoms with Gasteiger partial charge in [0.05, 0.1) is 7.11 Å². The molecule has 2 unspecified atom stereocenters. The van der Waals surface area contributed by atoms with E-state index in [1.165, 1.54) is 30.2 Å². The quantitative estimate of drug-likeness (QED) is 0.271. The van der Waals surface area contributed by atoms with Crippen LogP contribution >= 0.6 is 0 Å². The fraction of sp³-hybridized carbons (Fsp3) is 0.400. The number of carbonyl (C=O) groups is 4. The van der Waals surface area contributed by atoms with E-state index in [4.69, 9.17) is 4.74 Å². The molecule has 40 heavy (non-hydrogen) atoms. The van der Waals surface area contributed by atoms with E-state index in [1.807, 2.05) is 19.1 Å². The number of hydrogen-bond acceptors (Lipinski definition) is 7. The van der Waals surface area contributed by atoms with Crippen molar-refractivity contribution >= 4 is 23.9 Å². The van der Waals surface area contributed by atoms with Gasteiger partial charge in [0.15, 0.2) is 0 Å². The Kier molecular flexibility index (Phi) is 11.7. The van der Waals surface area contributed by atoms with Gasteiger partial charge in [0, 0.05) is 13.0 Å². The Morgan fingerprint density at radius 1 is 1.02 bits per heavy atom. The van der Waals surface area contributed by atoms with Gasteiger partial charge in [-0.05, 0) is 56.0 Å². The monoisotopic (exact) mass is 553 g/mol. The average molecular weight is 554 g/mol. The molecule has 0 aliphatic carbocycles. The van der Waals surface area contributed by atoms with E-state index in [-0.39, 0.29) is 25.3 Å². The van der Waals surface area contributed by atoms with Crippen molar-refractivity contribution < 1.29 is 33.8 Å². The largest absolute Gasteiger partial charge is 0.508 e. The van der Waals surface area contributed by atoms with E-state index in [1.54, 1.807) is 45.0 Å². The lowest BCUT2D eigenvalue weighted by atomic mass is 9.99. The van der Waals surface area contributed by atoms with Crippen LogP contribution in [-0.4, -0.2) is 65.7 Å². The number of methoxy groups -OCH3 is 1. The predicted octanol–water partition coefficient (Wildman–Crippen LogP) is 3.44. The molecule has 0 aliphatic rings. The van der Waals surface area contributed by atoms with Crippen LogP contribution in [0.4, 0.5) is 4.79 Å². The third-order valence-electron chi connectivity index (χ3n) is 5.87. The van der Waals surface area contributed by atoms with E-state index >= 15 is 0 Å². The maximum absolute atomic E-state index is 14.1. The van der Waals surface area contributed by atoms with Crippen molar-refractivity contribution in [2.75, 3.05) is 20.2 Å². The Hall–Kier alpha value is -4.34. The van der Waals surface area contributed by atoms with Gasteiger partial charge in [0.1, 0.15) is 30.0 Å². The van der Waals surface area contributed by atoms with Crippen molar-refractivity contribution in [2.24, 2.45) is 0 Å². The fourth-order valence-electron chi connectivity index (χ4n) is 3.92. The molecule has 0 bridgehead atoms. The number of hydrogen-bond donors (Lipinski definition) is 3. The summed E-state index contributed by atoms with van der Waals surface area (Å²) in [5.41, 5.74) is 1.39. The standard InChI is InChI=1S/C30H39N3O7/c1-7-17-33(26(27(36)31-19-25(35)39-6)22-13-9-20(8-2)10-14-22)28(37)24(32-29(38)40-30(3,4)5)18-21-11-15-23(34)16-12-21/h7,9-16,24,26,34H,1,8,17-19H2,2-6H3,(H,31,36)(H,32,38). The number of ether oxygens (including phenoxy) is 2. The number of aryl methyl sites for hydroxylation is 1. The first-order valence-corrected chi connectivity index (χ1v) is 13.0. The highest BCUT2D eigenvalue weighted by Crippen LogP contribution is 2.24. The summed E-state index contributed by atoms with van der Waals surface area (Å²) in [6.07, 6.45) is 1.51. The molecule has 0 aromatic heterocycles. The smallest absolute Gasteiger partial charge is 0.408 e. The summed E-state index contributed by atoms with van der Waals surface area (Å²) < 4.78 is 10.0. The maximum atomic E-state index is 14.1. The third-order valence-corrected chi connectivity index (χ3v) is 5.87. The zero-order valence-corrected chi connectivity index (χ0v) is 23.7. The van der Waals surface area contributed by atoms with Crippen LogP contribution in [-0.2, 0) is 36.7 Å². The molecule has 0 fully saturated rings. The number of amides is 3. The highest BCUT2D eigenvalue weighted by atomic mass is 16.6. The second-order valence-electron chi connectivity index (χ2n) is 10.1. The van der Waals surface area contributed by atoms with Crippen LogP contribution in [0.1, 0.15) is 50.4 Å². The predicted molar refractivity (Wildman–Crippen MR) is 150 cm³/mol. The fourth-order valence-corrected chi connectivity index (χ4v) is 3.92. The molecule has 10 heteroatoms. The Morgan fingerprint density at radius 2 is 1.62 bits per heavy atom. The molecule has 10 nitrogen and oxygen atoms in total. The number of esters is 1. The van der Waals surface area contributed by atoms with Gasteiger partial charge < -0.3 is 30.1 Å². The molecular weight excluding hydrogens is 514 g/mol. The van der Waals surface area contributed by atoms with Crippen LogP contribution in [0, 0.1) is 0 Å². The van der Waals surface area contributed by atoms with E-state index in [0.717, 1.165) is 12.0 Å². The number of carbonyl (C=O) groups excluding carboxylic acids is 4. The molecule has 2 aromatic rings. The summed E-state index contributed by atoms with van der Waals surface area (Å²) >= 11 is 0. The van der Waals surface area contributed by atoms with Crippen molar-refractivity contribution in [1.82, 2.24) is 15.5 Å². The van der Waals surface area contributed by atoms with Gasteiger partial charge in [-0.2, -0.15) is 0 Å². The summed E-state index contributed by atoms with van der Waals surface area (Å²) in [7, 11) is 1.21. The summed E-state index contributed by atoms with van der Waals surface area (Å²) in [5.74, 6) is -1.77. The van der Waals surface area contributed by atoms with Gasteiger partial charge in [-0.3, -0.25) is 14.4 Å². The molecule has 0 saturated carbocycles. The van der Waals surface area contributed by atoms with Crippen molar-refractivity contribution in [3.05, 3.63) is 77.9 Å². The number of rotatable bonds is 12. The molecule has 0 heterocycles. The van der Waals surface area contributed by atoms with Crippen LogP contribution in [0.25, 0.3) is 0 Å². The molecule has 2 atom stereocenters. The topological polar surface area (TPSA) is 134 Å². The van der Waals surface area contributed by atoms with Gasteiger partial charge >= 0.3 is 12.1 Å². The van der Waals surface area contributed by atoms with Gasteiger partial charge in [-0.15, -0.1) is 6.58 Å². The van der Waals surface area contributed by atoms with Crippen LogP contribution in [0.15, 0.2) is 61.2 Å². The van der Waals surface area contributed by atoms with Crippen LogP contribution in [0.2, 0.25) is 0 Å². The van der Waals surface area contributed by atoms with E-state index in [0.29, 0.717) is 11.1 Å². The first-order chi connectivity index (χ1) is 18.9. The second-order valence-corrected chi connectivity index (χ2v) is 10.1. The molecule has 3 amide bonds. The minimum absolute atomic E-state index is 0.0350. The SMILES string of the molecule is C=CCN(C(=O)C(Cc1ccc(O)cc1)NC(=O)OC(C)(C)C)C(C(=O)NCC(=O)OC)c1ccc(CC)cc1. The first-order valence-electron chi connectivity index (χ1n) is 13.0. The Morgan fingerprint density at radius 3 is 2.15 bits per heavy atom. The summed E-state index contributed by atoms with van der Waals surface area (Å²) in [5, 5.41) is 14.9. The number of nitrogens with zero attached hydrogens (tertiary/aromatic N) is 1. The molecular formula is C30H39N3O7. The molecule has 0 spiro atoms. The van der Waals surface area contributed by atoms with Crippen LogP contribution in [0.5, 0.6) is 5.75 Å². The van der Waals surface area contributed by atoms with Gasteiger partial charge in [-0.1, -0.05) is 49.4 Å². The number of phenols is 1. The van der Waals surface area contributed by atoms with Crippen molar-refractivity contribution in [3.63, 3.8) is 0 Å². The summed E-state index contributed by atoms with van der Waals surface area (Å²) in [6.45, 7) is 10.4. The maximum Gasteiger partial charge on any atom is 0.408 e. The molecule has 3 N–H and O–H groups in total. The molecule has 2 rings (SSSR count). The number of aromatic hydroxyl groups is 1. The molecule has 2 aromatic carbocycles. The minimum atomic E-state index is -1.15. The number of benzene rings is 2. The lowest BCUT2D eigenvalue weighted by Crippen LogP contribution is -2.54. The highest BCUT2D eigenvalue weighted by molar-refractivity contribution is 5.93. The molecule has 216 valence electrons.